The molecule has 4 heteroatoms. The lowest BCUT2D eigenvalue weighted by atomic mass is 10.2. The van der Waals surface area contributed by atoms with Gasteiger partial charge in [0.1, 0.15) is 11.2 Å². The number of ether oxygens (including phenoxy) is 1. The van der Waals surface area contributed by atoms with Crippen molar-refractivity contribution in [2.75, 3.05) is 6.61 Å². The molecule has 0 aromatic rings. The molecule has 3 nitrogen and oxygen atoms in total. The van der Waals surface area contributed by atoms with E-state index in [9.17, 15) is 9.59 Å². The van der Waals surface area contributed by atoms with Crippen molar-refractivity contribution in [2.24, 2.45) is 0 Å². The zero-order valence-electron chi connectivity index (χ0n) is 6.59. The van der Waals surface area contributed by atoms with Gasteiger partial charge in [0.25, 0.3) is 0 Å². The van der Waals surface area contributed by atoms with E-state index < -0.39 is 11.3 Å². The van der Waals surface area contributed by atoms with E-state index in [1.54, 1.807) is 6.92 Å². The Kier molecular flexibility index (Phi) is 4.86. The van der Waals surface area contributed by atoms with Gasteiger partial charge in [0.15, 0.2) is 0 Å². The number of rotatable bonds is 4. The topological polar surface area (TPSA) is 43.4 Å². The minimum absolute atomic E-state index is 0.0370. The highest BCUT2D eigenvalue weighted by molar-refractivity contribution is 6.31. The van der Waals surface area contributed by atoms with Gasteiger partial charge in [-0.15, -0.1) is 11.6 Å². The molecular formula is C7H11ClO3. The van der Waals surface area contributed by atoms with Gasteiger partial charge in [0.2, 0.25) is 0 Å². The van der Waals surface area contributed by atoms with Crippen LogP contribution in [0, 0.1) is 0 Å². The van der Waals surface area contributed by atoms with Crippen molar-refractivity contribution in [1.82, 2.24) is 0 Å². The lowest BCUT2D eigenvalue weighted by Gasteiger charge is -2.03. The Bertz CT molecular complexity index is 156. The fourth-order valence-corrected chi connectivity index (χ4v) is 0.636. The van der Waals surface area contributed by atoms with Crippen LogP contribution >= 0.6 is 11.6 Å². The van der Waals surface area contributed by atoms with Crippen molar-refractivity contribution in [3.05, 3.63) is 0 Å². The second-order valence-corrected chi connectivity index (χ2v) is 2.61. The summed E-state index contributed by atoms with van der Waals surface area (Å²) in [5.74, 6) is -0.637. The van der Waals surface area contributed by atoms with E-state index in [2.05, 4.69) is 4.74 Å². The van der Waals surface area contributed by atoms with Crippen LogP contribution in [0.2, 0.25) is 0 Å². The van der Waals surface area contributed by atoms with Crippen LogP contribution in [0.4, 0.5) is 0 Å². The average molecular weight is 179 g/mol. The zero-order chi connectivity index (χ0) is 8.85. The third kappa shape index (κ3) is 4.79. The molecule has 0 aliphatic rings. The highest BCUT2D eigenvalue weighted by Gasteiger charge is 2.15. The molecule has 0 aliphatic heterocycles. The quantitative estimate of drug-likeness (QED) is 0.479. The van der Waals surface area contributed by atoms with Gasteiger partial charge in [-0.25, -0.2) is 0 Å². The van der Waals surface area contributed by atoms with E-state index in [0.29, 0.717) is 6.61 Å². The number of hydrogen-bond acceptors (Lipinski definition) is 3. The first-order valence-electron chi connectivity index (χ1n) is 3.38. The van der Waals surface area contributed by atoms with E-state index in [1.165, 1.54) is 6.92 Å². The number of ketones is 1. The zero-order valence-corrected chi connectivity index (χ0v) is 7.35. The van der Waals surface area contributed by atoms with Gasteiger partial charge in [-0.05, 0) is 13.8 Å². The minimum Gasteiger partial charge on any atom is -0.466 e. The summed E-state index contributed by atoms with van der Waals surface area (Å²) in [6, 6.07) is 0. The summed E-state index contributed by atoms with van der Waals surface area (Å²) in [4.78, 5) is 21.2. The summed E-state index contributed by atoms with van der Waals surface area (Å²) in [6.07, 6.45) is -0.0370. The molecule has 0 radical (unpaired) electrons. The summed E-state index contributed by atoms with van der Waals surface area (Å²) < 4.78 is 4.59. The molecule has 0 aliphatic carbocycles. The molecule has 0 amide bonds. The molecule has 1 atom stereocenters. The number of alkyl halides is 1. The first-order chi connectivity index (χ1) is 5.07. The van der Waals surface area contributed by atoms with Gasteiger partial charge in [-0.2, -0.15) is 0 Å². The molecule has 0 aromatic heterocycles. The number of esters is 1. The van der Waals surface area contributed by atoms with Crippen molar-refractivity contribution < 1.29 is 14.3 Å². The molecular weight excluding hydrogens is 168 g/mol. The Morgan fingerprint density at radius 3 is 2.45 bits per heavy atom. The number of Topliss-reactive ketones (excluding diaryl/α,β-unsaturated/α-hetero) is 1. The van der Waals surface area contributed by atoms with Crippen LogP contribution in [0.15, 0.2) is 0 Å². The molecule has 0 heterocycles. The van der Waals surface area contributed by atoms with Crippen LogP contribution in [0.1, 0.15) is 20.3 Å². The van der Waals surface area contributed by atoms with Crippen LogP contribution in [0.25, 0.3) is 0 Å². The molecule has 0 saturated heterocycles. The molecule has 11 heavy (non-hydrogen) atoms. The number of hydrogen-bond donors (Lipinski definition) is 0. The van der Waals surface area contributed by atoms with Crippen molar-refractivity contribution in [3.8, 4) is 0 Å². The predicted octanol–water partition coefficient (Wildman–Crippen LogP) is 1.14. The van der Waals surface area contributed by atoms with E-state index in [4.69, 9.17) is 11.6 Å². The molecule has 0 spiro atoms. The van der Waals surface area contributed by atoms with Gasteiger partial charge >= 0.3 is 5.97 Å². The third-order valence-electron chi connectivity index (χ3n) is 1.09. The van der Waals surface area contributed by atoms with E-state index >= 15 is 0 Å². The van der Waals surface area contributed by atoms with E-state index in [0.717, 1.165) is 0 Å². The standard InChI is InChI=1S/C7H11ClO3/c1-3-11-7(10)4-6(8)5(2)9/h6H,3-4H2,1-2H3. The van der Waals surface area contributed by atoms with Crippen LogP contribution < -0.4 is 0 Å². The maximum absolute atomic E-state index is 10.7. The Labute approximate surface area is 70.7 Å². The number of carbonyl (C=O) groups is 2. The minimum atomic E-state index is -0.742. The SMILES string of the molecule is CCOC(=O)CC(Cl)C(C)=O. The van der Waals surface area contributed by atoms with Crippen LogP contribution in [0.5, 0.6) is 0 Å². The second kappa shape index (κ2) is 5.13. The predicted molar refractivity (Wildman–Crippen MR) is 41.6 cm³/mol. The van der Waals surface area contributed by atoms with Crippen molar-refractivity contribution in [2.45, 2.75) is 25.6 Å². The fraction of sp³-hybridized carbons (Fsp3) is 0.714. The Morgan fingerprint density at radius 2 is 2.09 bits per heavy atom. The largest absolute Gasteiger partial charge is 0.466 e. The fourth-order valence-electron chi connectivity index (χ4n) is 0.510. The summed E-state index contributed by atoms with van der Waals surface area (Å²) in [5.41, 5.74) is 0. The molecule has 0 N–H and O–H groups in total. The molecule has 64 valence electrons. The molecule has 0 saturated carbocycles. The molecule has 1 unspecified atom stereocenters. The summed E-state index contributed by atoms with van der Waals surface area (Å²) in [6.45, 7) is 3.37. The van der Waals surface area contributed by atoms with Gasteiger partial charge in [0, 0.05) is 0 Å². The highest BCUT2D eigenvalue weighted by atomic mass is 35.5. The summed E-state index contributed by atoms with van der Waals surface area (Å²) in [5, 5.41) is -0.742. The Balaban J connectivity index is 3.66. The highest BCUT2D eigenvalue weighted by Crippen LogP contribution is 2.04. The monoisotopic (exact) mass is 178 g/mol. The van der Waals surface area contributed by atoms with E-state index in [1.807, 2.05) is 0 Å². The maximum atomic E-state index is 10.7. The summed E-state index contributed by atoms with van der Waals surface area (Å²) >= 11 is 5.50. The number of carbonyl (C=O) groups excluding carboxylic acids is 2. The van der Waals surface area contributed by atoms with Gasteiger partial charge < -0.3 is 4.74 Å². The first kappa shape index (κ1) is 10.4. The first-order valence-corrected chi connectivity index (χ1v) is 3.81. The van der Waals surface area contributed by atoms with Crippen molar-refractivity contribution >= 4 is 23.4 Å². The Hall–Kier alpha value is -0.570. The third-order valence-corrected chi connectivity index (χ3v) is 1.55. The average Bonchev–Trinajstić information content (AvgIpc) is 1.87. The van der Waals surface area contributed by atoms with E-state index in [-0.39, 0.29) is 12.2 Å². The maximum Gasteiger partial charge on any atom is 0.307 e. The normalized spacial score (nSPS) is 12.3. The van der Waals surface area contributed by atoms with Gasteiger partial charge in [-0.1, -0.05) is 0 Å². The van der Waals surface area contributed by atoms with Crippen LogP contribution in [-0.4, -0.2) is 23.7 Å². The molecule has 0 fully saturated rings. The van der Waals surface area contributed by atoms with Crippen LogP contribution in [0.3, 0.4) is 0 Å². The lowest BCUT2D eigenvalue weighted by Crippen LogP contribution is -2.17. The summed E-state index contributed by atoms with van der Waals surface area (Å²) in [7, 11) is 0. The van der Waals surface area contributed by atoms with Crippen molar-refractivity contribution in [3.63, 3.8) is 0 Å². The number of halogens is 1. The smallest absolute Gasteiger partial charge is 0.307 e. The van der Waals surface area contributed by atoms with Crippen LogP contribution in [-0.2, 0) is 14.3 Å². The lowest BCUT2D eigenvalue weighted by molar-refractivity contribution is -0.144. The van der Waals surface area contributed by atoms with Crippen molar-refractivity contribution in [1.29, 1.82) is 0 Å². The molecule has 0 aromatic carbocycles. The second-order valence-electron chi connectivity index (χ2n) is 2.09. The Morgan fingerprint density at radius 1 is 1.55 bits per heavy atom. The molecule has 0 rings (SSSR count). The molecule has 0 bridgehead atoms. The van der Waals surface area contributed by atoms with Gasteiger partial charge in [-0.3, -0.25) is 9.59 Å². The van der Waals surface area contributed by atoms with Gasteiger partial charge in [0.05, 0.1) is 13.0 Å².